The number of aryl methyl sites for hydroxylation is 2. The van der Waals surface area contributed by atoms with E-state index in [2.05, 4.69) is 20.5 Å². The van der Waals surface area contributed by atoms with Gasteiger partial charge in [0, 0.05) is 17.0 Å². The second-order valence-corrected chi connectivity index (χ2v) is 5.70. The number of nitrogens with one attached hydrogen (secondary N) is 1. The second-order valence-electron chi connectivity index (χ2n) is 4.76. The lowest BCUT2D eigenvalue weighted by molar-refractivity contribution is -0.118. The van der Waals surface area contributed by atoms with Gasteiger partial charge >= 0.3 is 0 Å². The average molecular weight is 330 g/mol. The number of methoxy groups -OCH3 is 1. The predicted octanol–water partition coefficient (Wildman–Crippen LogP) is 2.34. The first-order chi connectivity index (χ1) is 11.1. The topological polar surface area (TPSA) is 76.5 Å². The van der Waals surface area contributed by atoms with Gasteiger partial charge in [0.05, 0.1) is 19.1 Å². The van der Waals surface area contributed by atoms with Crippen molar-refractivity contribution in [3.05, 3.63) is 47.3 Å². The molecule has 7 heteroatoms. The first-order valence-electron chi connectivity index (χ1n) is 6.98. The summed E-state index contributed by atoms with van der Waals surface area (Å²) in [5.74, 6) is 0.680. The van der Waals surface area contributed by atoms with Crippen molar-refractivity contribution in [2.45, 2.75) is 19.0 Å². The van der Waals surface area contributed by atoms with E-state index in [1.807, 2.05) is 44.2 Å². The number of aromatic nitrogens is 2. The number of hydrazone groups is 1. The van der Waals surface area contributed by atoms with Crippen LogP contribution in [-0.4, -0.2) is 35.0 Å². The molecule has 1 aromatic carbocycles. The molecule has 0 unspecified atom stereocenters. The van der Waals surface area contributed by atoms with Gasteiger partial charge in [-0.05, 0) is 32.0 Å². The Morgan fingerprint density at radius 1 is 1.30 bits per heavy atom. The fourth-order valence-corrected chi connectivity index (χ4v) is 2.61. The molecule has 1 heterocycles. The largest absolute Gasteiger partial charge is 0.496 e. The van der Waals surface area contributed by atoms with Crippen LogP contribution in [0.3, 0.4) is 0 Å². The van der Waals surface area contributed by atoms with Crippen LogP contribution >= 0.6 is 11.8 Å². The Hall–Kier alpha value is -2.41. The Kier molecular flexibility index (Phi) is 6.10. The minimum atomic E-state index is -0.219. The van der Waals surface area contributed by atoms with Crippen LogP contribution < -0.4 is 10.2 Å². The van der Waals surface area contributed by atoms with Crippen LogP contribution in [0.2, 0.25) is 0 Å². The molecule has 0 saturated heterocycles. The third-order valence-corrected chi connectivity index (χ3v) is 3.67. The highest BCUT2D eigenvalue weighted by molar-refractivity contribution is 7.99. The van der Waals surface area contributed by atoms with E-state index in [0.29, 0.717) is 10.9 Å². The van der Waals surface area contributed by atoms with E-state index in [0.717, 1.165) is 17.0 Å². The van der Waals surface area contributed by atoms with Crippen LogP contribution in [0.4, 0.5) is 0 Å². The highest BCUT2D eigenvalue weighted by Crippen LogP contribution is 2.15. The van der Waals surface area contributed by atoms with E-state index in [-0.39, 0.29) is 11.7 Å². The van der Waals surface area contributed by atoms with Gasteiger partial charge in [-0.3, -0.25) is 4.79 Å². The number of hydrogen-bond donors (Lipinski definition) is 1. The standard InChI is InChI=1S/C16H18N4O2S/c1-11-8-12(2)19-16(18-11)23-10-15(21)20-17-9-13-6-4-5-7-14(13)22-3/h4-9H,10H2,1-3H3,(H,20,21)/b17-9+. The van der Waals surface area contributed by atoms with Gasteiger partial charge in [-0.2, -0.15) is 5.10 Å². The number of amides is 1. The molecule has 2 aromatic rings. The Bertz CT molecular complexity index is 699. The molecule has 6 nitrogen and oxygen atoms in total. The minimum Gasteiger partial charge on any atom is -0.496 e. The van der Waals surface area contributed by atoms with Crippen molar-refractivity contribution in [1.29, 1.82) is 0 Å². The third-order valence-electron chi connectivity index (χ3n) is 2.83. The molecule has 120 valence electrons. The molecule has 0 aliphatic rings. The van der Waals surface area contributed by atoms with Gasteiger partial charge in [0.2, 0.25) is 0 Å². The van der Waals surface area contributed by atoms with Crippen molar-refractivity contribution in [3.8, 4) is 5.75 Å². The minimum absolute atomic E-state index is 0.201. The lowest BCUT2D eigenvalue weighted by Gasteiger charge is -2.04. The molecule has 0 bridgehead atoms. The van der Waals surface area contributed by atoms with Crippen molar-refractivity contribution < 1.29 is 9.53 Å². The predicted molar refractivity (Wildman–Crippen MR) is 91.0 cm³/mol. The van der Waals surface area contributed by atoms with Crippen molar-refractivity contribution in [3.63, 3.8) is 0 Å². The summed E-state index contributed by atoms with van der Waals surface area (Å²) in [6, 6.07) is 9.32. The zero-order valence-electron chi connectivity index (χ0n) is 13.2. The van der Waals surface area contributed by atoms with Crippen LogP contribution in [0.15, 0.2) is 40.6 Å². The maximum Gasteiger partial charge on any atom is 0.250 e. The number of ether oxygens (including phenoxy) is 1. The molecule has 0 aliphatic heterocycles. The number of benzene rings is 1. The summed E-state index contributed by atoms with van der Waals surface area (Å²) in [6.07, 6.45) is 1.55. The van der Waals surface area contributed by atoms with Gasteiger partial charge in [-0.25, -0.2) is 15.4 Å². The smallest absolute Gasteiger partial charge is 0.250 e. The fraction of sp³-hybridized carbons (Fsp3) is 0.250. The number of hydrogen-bond acceptors (Lipinski definition) is 6. The molecule has 0 saturated carbocycles. The molecule has 2 rings (SSSR count). The zero-order valence-corrected chi connectivity index (χ0v) is 14.1. The normalized spacial score (nSPS) is 10.7. The molecule has 0 atom stereocenters. The van der Waals surface area contributed by atoms with E-state index in [1.54, 1.807) is 13.3 Å². The van der Waals surface area contributed by atoms with E-state index in [1.165, 1.54) is 11.8 Å². The summed E-state index contributed by atoms with van der Waals surface area (Å²) >= 11 is 1.28. The lowest BCUT2D eigenvalue weighted by atomic mass is 10.2. The Balaban J connectivity index is 1.86. The number of rotatable bonds is 6. The summed E-state index contributed by atoms with van der Waals surface area (Å²) in [7, 11) is 1.59. The summed E-state index contributed by atoms with van der Waals surface area (Å²) < 4.78 is 5.21. The second kappa shape index (κ2) is 8.28. The maximum absolute atomic E-state index is 11.8. The van der Waals surface area contributed by atoms with Crippen molar-refractivity contribution in [1.82, 2.24) is 15.4 Å². The first kappa shape index (κ1) is 17.0. The summed E-state index contributed by atoms with van der Waals surface area (Å²) in [4.78, 5) is 20.3. The van der Waals surface area contributed by atoms with Gasteiger partial charge in [-0.1, -0.05) is 23.9 Å². The van der Waals surface area contributed by atoms with Gasteiger partial charge in [0.1, 0.15) is 5.75 Å². The number of thioether (sulfide) groups is 1. The number of carbonyl (C=O) groups is 1. The molecular weight excluding hydrogens is 312 g/mol. The molecule has 1 N–H and O–H groups in total. The monoisotopic (exact) mass is 330 g/mol. The molecule has 23 heavy (non-hydrogen) atoms. The number of para-hydroxylation sites is 1. The van der Waals surface area contributed by atoms with Crippen LogP contribution in [0.1, 0.15) is 17.0 Å². The summed E-state index contributed by atoms with van der Waals surface area (Å²) in [6.45, 7) is 3.80. The van der Waals surface area contributed by atoms with Crippen LogP contribution in [0, 0.1) is 13.8 Å². The molecule has 1 aromatic heterocycles. The quantitative estimate of drug-likeness (QED) is 0.381. The number of carbonyl (C=O) groups excluding carboxylic acids is 1. The number of nitrogens with zero attached hydrogens (tertiary/aromatic N) is 3. The summed E-state index contributed by atoms with van der Waals surface area (Å²) in [5, 5.41) is 4.53. The van der Waals surface area contributed by atoms with Crippen molar-refractivity contribution in [2.75, 3.05) is 12.9 Å². The Labute approximate surface area is 139 Å². The van der Waals surface area contributed by atoms with Crippen LogP contribution in [0.25, 0.3) is 0 Å². The fourth-order valence-electron chi connectivity index (χ4n) is 1.87. The molecule has 0 radical (unpaired) electrons. The highest BCUT2D eigenvalue weighted by atomic mass is 32.2. The van der Waals surface area contributed by atoms with Crippen molar-refractivity contribution in [2.24, 2.45) is 5.10 Å². The van der Waals surface area contributed by atoms with Crippen molar-refractivity contribution >= 4 is 23.9 Å². The van der Waals surface area contributed by atoms with E-state index in [9.17, 15) is 4.79 Å². The molecule has 0 spiro atoms. The first-order valence-corrected chi connectivity index (χ1v) is 7.97. The van der Waals surface area contributed by atoms with Crippen LogP contribution in [0.5, 0.6) is 5.75 Å². The van der Waals surface area contributed by atoms with Gasteiger partial charge in [0.15, 0.2) is 5.16 Å². The average Bonchev–Trinajstić information content (AvgIpc) is 2.52. The van der Waals surface area contributed by atoms with Gasteiger partial charge in [-0.15, -0.1) is 0 Å². The van der Waals surface area contributed by atoms with E-state index < -0.39 is 0 Å². The molecular formula is C16H18N4O2S. The van der Waals surface area contributed by atoms with Crippen LogP contribution in [-0.2, 0) is 4.79 Å². The third kappa shape index (κ3) is 5.37. The maximum atomic E-state index is 11.8. The molecule has 0 fully saturated rings. The van der Waals surface area contributed by atoms with Gasteiger partial charge < -0.3 is 4.74 Å². The van der Waals surface area contributed by atoms with E-state index >= 15 is 0 Å². The Morgan fingerprint density at radius 2 is 2.00 bits per heavy atom. The molecule has 0 aliphatic carbocycles. The zero-order chi connectivity index (χ0) is 16.7. The van der Waals surface area contributed by atoms with Gasteiger partial charge in [0.25, 0.3) is 5.91 Å². The highest BCUT2D eigenvalue weighted by Gasteiger charge is 2.05. The van der Waals surface area contributed by atoms with E-state index in [4.69, 9.17) is 4.74 Å². The molecule has 1 amide bonds. The lowest BCUT2D eigenvalue weighted by Crippen LogP contribution is -2.19. The Morgan fingerprint density at radius 3 is 2.70 bits per heavy atom. The summed E-state index contributed by atoms with van der Waals surface area (Å²) in [5.41, 5.74) is 5.04. The SMILES string of the molecule is COc1ccccc1/C=N/NC(=O)CSc1nc(C)cc(C)n1.